The normalized spacial score (nSPS) is 18.0. The first-order valence-corrected chi connectivity index (χ1v) is 11.6. The number of benzene rings is 2. The lowest BCUT2D eigenvalue weighted by atomic mass is 10.1. The van der Waals surface area contributed by atoms with Crippen LogP contribution in [-0.4, -0.2) is 43.4 Å². The minimum atomic E-state index is -3.11. The van der Waals surface area contributed by atoms with Gasteiger partial charge in [0.1, 0.15) is 5.75 Å². The van der Waals surface area contributed by atoms with Crippen molar-refractivity contribution in [2.45, 2.75) is 32.4 Å². The molecule has 0 spiro atoms. The van der Waals surface area contributed by atoms with Crippen LogP contribution in [0.3, 0.4) is 0 Å². The Labute approximate surface area is 171 Å². The van der Waals surface area contributed by atoms with Gasteiger partial charge in [-0.2, -0.15) is 0 Å². The molecule has 150 valence electrons. The molecular weight excluding hydrogens is 398 g/mol. The fraction of sp³-hybridized carbons (Fsp3) is 0.381. The maximum absolute atomic E-state index is 13.1. The fourth-order valence-corrected chi connectivity index (χ4v) is 5.11. The highest BCUT2D eigenvalue weighted by molar-refractivity contribution is 7.91. The monoisotopic (exact) mass is 421 g/mol. The molecule has 1 aliphatic rings. The Balaban J connectivity index is 1.82. The van der Waals surface area contributed by atoms with Gasteiger partial charge in [0.2, 0.25) is 0 Å². The molecule has 2 aromatic carbocycles. The quantitative estimate of drug-likeness (QED) is 0.678. The van der Waals surface area contributed by atoms with Crippen LogP contribution >= 0.6 is 11.6 Å². The summed E-state index contributed by atoms with van der Waals surface area (Å²) in [6.45, 7) is 3.04. The molecule has 1 unspecified atom stereocenters. The third-order valence-corrected chi connectivity index (χ3v) is 6.75. The molecule has 28 heavy (non-hydrogen) atoms. The molecule has 0 N–H and O–H groups in total. The summed E-state index contributed by atoms with van der Waals surface area (Å²) >= 11 is 5.93. The van der Waals surface area contributed by atoms with Gasteiger partial charge < -0.3 is 9.64 Å². The second-order valence-electron chi connectivity index (χ2n) is 6.99. The maximum Gasteiger partial charge on any atom is 0.254 e. The average Bonchev–Trinajstić information content (AvgIpc) is 3.05. The van der Waals surface area contributed by atoms with Crippen LogP contribution in [0.5, 0.6) is 5.75 Å². The Bertz CT molecular complexity index is 910. The number of carbonyl (C=O) groups excluding carboxylic acids is 1. The molecule has 0 aliphatic carbocycles. The number of rotatable bonds is 7. The van der Waals surface area contributed by atoms with Crippen molar-refractivity contribution in [3.8, 4) is 5.75 Å². The molecule has 0 bridgehead atoms. The van der Waals surface area contributed by atoms with E-state index in [2.05, 4.69) is 0 Å². The molecule has 0 aromatic heterocycles. The van der Waals surface area contributed by atoms with Gasteiger partial charge in [0.25, 0.3) is 5.91 Å². The highest BCUT2D eigenvalue weighted by Gasteiger charge is 2.35. The van der Waals surface area contributed by atoms with Crippen LogP contribution in [0.2, 0.25) is 5.02 Å². The van der Waals surface area contributed by atoms with Gasteiger partial charge in [0.15, 0.2) is 9.84 Å². The highest BCUT2D eigenvalue weighted by Crippen LogP contribution is 2.24. The summed E-state index contributed by atoms with van der Waals surface area (Å²) in [6, 6.07) is 13.9. The molecule has 3 rings (SSSR count). The van der Waals surface area contributed by atoms with Crippen molar-refractivity contribution < 1.29 is 17.9 Å². The maximum atomic E-state index is 13.1. The van der Waals surface area contributed by atoms with Gasteiger partial charge in [-0.15, -0.1) is 0 Å². The van der Waals surface area contributed by atoms with Crippen molar-refractivity contribution in [3.05, 3.63) is 64.7 Å². The second-order valence-corrected chi connectivity index (χ2v) is 9.65. The molecule has 1 saturated heterocycles. The van der Waals surface area contributed by atoms with E-state index in [1.807, 2.05) is 31.2 Å². The second kappa shape index (κ2) is 8.97. The number of ether oxygens (including phenoxy) is 1. The van der Waals surface area contributed by atoms with E-state index >= 15 is 0 Å². The molecule has 1 aliphatic heterocycles. The van der Waals surface area contributed by atoms with Crippen molar-refractivity contribution >= 4 is 27.3 Å². The number of halogens is 1. The van der Waals surface area contributed by atoms with Crippen LogP contribution < -0.4 is 4.74 Å². The summed E-state index contributed by atoms with van der Waals surface area (Å²) in [4.78, 5) is 14.8. The van der Waals surface area contributed by atoms with E-state index in [1.165, 1.54) is 0 Å². The zero-order valence-corrected chi connectivity index (χ0v) is 17.4. The number of amides is 1. The molecule has 2 aromatic rings. The minimum Gasteiger partial charge on any atom is -0.494 e. The lowest BCUT2D eigenvalue weighted by Crippen LogP contribution is -2.40. The smallest absolute Gasteiger partial charge is 0.254 e. The summed E-state index contributed by atoms with van der Waals surface area (Å²) in [6.07, 6.45) is 1.39. The molecule has 1 heterocycles. The van der Waals surface area contributed by atoms with Gasteiger partial charge in [0.05, 0.1) is 18.1 Å². The van der Waals surface area contributed by atoms with E-state index in [-0.39, 0.29) is 23.5 Å². The topological polar surface area (TPSA) is 63.7 Å². The zero-order valence-electron chi connectivity index (χ0n) is 15.8. The van der Waals surface area contributed by atoms with Crippen LogP contribution in [0.1, 0.15) is 35.7 Å². The summed E-state index contributed by atoms with van der Waals surface area (Å²) in [7, 11) is -3.11. The van der Waals surface area contributed by atoms with Gasteiger partial charge in [-0.25, -0.2) is 8.42 Å². The zero-order chi connectivity index (χ0) is 20.1. The molecule has 0 radical (unpaired) electrons. The summed E-state index contributed by atoms with van der Waals surface area (Å²) in [5.41, 5.74) is 1.42. The van der Waals surface area contributed by atoms with Gasteiger partial charge in [-0.1, -0.05) is 30.7 Å². The highest BCUT2D eigenvalue weighted by atomic mass is 35.5. The third-order valence-electron chi connectivity index (χ3n) is 4.75. The van der Waals surface area contributed by atoms with Crippen molar-refractivity contribution in [1.29, 1.82) is 0 Å². The number of carbonyl (C=O) groups is 1. The van der Waals surface area contributed by atoms with Crippen molar-refractivity contribution in [3.63, 3.8) is 0 Å². The van der Waals surface area contributed by atoms with E-state index in [0.29, 0.717) is 30.2 Å². The minimum absolute atomic E-state index is 0.00399. The number of nitrogens with zero attached hydrogens (tertiary/aromatic N) is 1. The first-order valence-electron chi connectivity index (χ1n) is 9.36. The summed E-state index contributed by atoms with van der Waals surface area (Å²) in [5, 5.41) is 0.550. The first-order chi connectivity index (χ1) is 13.4. The van der Waals surface area contributed by atoms with Gasteiger partial charge in [0, 0.05) is 23.2 Å². The Hall–Kier alpha value is -2.05. The Morgan fingerprint density at radius 3 is 2.39 bits per heavy atom. The van der Waals surface area contributed by atoms with Gasteiger partial charge >= 0.3 is 0 Å². The molecule has 5 nitrogen and oxygen atoms in total. The van der Waals surface area contributed by atoms with Crippen molar-refractivity contribution in [1.82, 2.24) is 4.90 Å². The van der Waals surface area contributed by atoms with E-state index in [4.69, 9.17) is 16.3 Å². The summed E-state index contributed by atoms with van der Waals surface area (Å²) < 4.78 is 29.5. The van der Waals surface area contributed by atoms with E-state index in [1.54, 1.807) is 29.2 Å². The Kier molecular flexibility index (Phi) is 6.62. The van der Waals surface area contributed by atoms with Gasteiger partial charge in [-0.3, -0.25) is 4.79 Å². The fourth-order valence-electron chi connectivity index (χ4n) is 3.25. The molecular formula is C21H24ClNO4S. The average molecular weight is 422 g/mol. The molecule has 1 amide bonds. The first kappa shape index (κ1) is 20.7. The number of hydrogen-bond acceptors (Lipinski definition) is 4. The van der Waals surface area contributed by atoms with Crippen LogP contribution in [-0.2, 0) is 16.4 Å². The van der Waals surface area contributed by atoms with E-state index in [9.17, 15) is 13.2 Å². The van der Waals surface area contributed by atoms with Crippen LogP contribution in [0.4, 0.5) is 0 Å². The Morgan fingerprint density at radius 1 is 1.14 bits per heavy atom. The van der Waals surface area contributed by atoms with E-state index < -0.39 is 9.84 Å². The predicted molar refractivity (Wildman–Crippen MR) is 111 cm³/mol. The van der Waals surface area contributed by atoms with Crippen LogP contribution in [0, 0.1) is 0 Å². The molecule has 1 fully saturated rings. The number of hydrogen-bond donors (Lipinski definition) is 0. The Morgan fingerprint density at radius 2 is 1.82 bits per heavy atom. The third kappa shape index (κ3) is 5.26. The largest absolute Gasteiger partial charge is 0.494 e. The van der Waals surface area contributed by atoms with Crippen molar-refractivity contribution in [2.24, 2.45) is 0 Å². The SMILES string of the molecule is CCCOc1ccc(CN(C(=O)c2ccc(Cl)cc2)C2CCS(=O)(=O)C2)cc1. The van der Waals surface area contributed by atoms with E-state index in [0.717, 1.165) is 17.7 Å². The number of sulfone groups is 1. The van der Waals surface area contributed by atoms with Crippen LogP contribution in [0.25, 0.3) is 0 Å². The molecule has 0 saturated carbocycles. The standard InChI is InChI=1S/C21H24ClNO4S/c1-2-12-27-20-9-3-16(4-10-20)14-23(19-11-13-28(25,26)15-19)21(24)17-5-7-18(22)8-6-17/h3-10,19H,2,11-15H2,1H3. The van der Waals surface area contributed by atoms with Crippen LogP contribution in [0.15, 0.2) is 48.5 Å². The lowest BCUT2D eigenvalue weighted by molar-refractivity contribution is 0.0681. The van der Waals surface area contributed by atoms with Gasteiger partial charge in [-0.05, 0) is 54.8 Å². The molecule has 1 atom stereocenters. The summed E-state index contributed by atoms with van der Waals surface area (Å²) in [5.74, 6) is 0.713. The van der Waals surface area contributed by atoms with Crippen molar-refractivity contribution in [2.75, 3.05) is 18.1 Å². The molecule has 7 heteroatoms. The predicted octanol–water partition coefficient (Wildman–Crippen LogP) is 3.96. The lowest BCUT2D eigenvalue weighted by Gasteiger charge is -2.28.